The highest BCUT2D eigenvalue weighted by Gasteiger charge is 2.50. The summed E-state index contributed by atoms with van der Waals surface area (Å²) in [6.45, 7) is 5.67. The van der Waals surface area contributed by atoms with E-state index in [2.05, 4.69) is 33.6 Å². The van der Waals surface area contributed by atoms with Crippen molar-refractivity contribution < 1.29 is 42.0 Å². The third-order valence-electron chi connectivity index (χ3n) is 10.3. The molecule has 14 heteroatoms. The number of para-hydroxylation sites is 1. The van der Waals surface area contributed by atoms with E-state index in [4.69, 9.17) is 28.3 Å². The number of carbonyl (C=O) groups is 1. The lowest BCUT2D eigenvalue weighted by molar-refractivity contribution is -0.228. The molecule has 0 saturated carbocycles. The number of morpholine rings is 1. The molecular weight excluding hydrogens is 652 g/mol. The Morgan fingerprint density at radius 3 is 2.72 bits per heavy atom. The predicted molar refractivity (Wildman–Crippen MR) is 178 cm³/mol. The number of furan rings is 1. The van der Waals surface area contributed by atoms with Crippen molar-refractivity contribution in [2.45, 2.75) is 62.8 Å². The Morgan fingerprint density at radius 2 is 1.96 bits per heavy atom. The number of alkyl halides is 2. The van der Waals surface area contributed by atoms with E-state index < -0.39 is 36.0 Å². The summed E-state index contributed by atoms with van der Waals surface area (Å²) in [4.78, 5) is 29.2. The van der Waals surface area contributed by atoms with Crippen LogP contribution in [-0.4, -0.2) is 95.9 Å². The van der Waals surface area contributed by atoms with Gasteiger partial charge in [0.15, 0.2) is 17.2 Å². The SMILES string of the molecule is C[C@@H]1N(c2cc(C#CCC3CCOCC3)cnc2O[C@H]2C[C@@H](C(=O)O)N(c3nc(C(F)F)nc4c3oc3ccccc34)C2)CCOC12COC2. The first kappa shape index (κ1) is 32.6. The first-order valence-electron chi connectivity index (χ1n) is 17.0. The van der Waals surface area contributed by atoms with Gasteiger partial charge in [0.1, 0.15) is 34.5 Å². The minimum atomic E-state index is -2.98. The summed E-state index contributed by atoms with van der Waals surface area (Å²) in [5, 5.41) is 10.9. The largest absolute Gasteiger partial charge is 0.480 e. The zero-order chi connectivity index (χ0) is 34.4. The van der Waals surface area contributed by atoms with Crippen LogP contribution in [0.15, 0.2) is 40.9 Å². The number of carboxylic acids is 1. The van der Waals surface area contributed by atoms with E-state index in [0.717, 1.165) is 43.7 Å². The minimum absolute atomic E-state index is 0.0166. The second-order valence-electron chi connectivity index (χ2n) is 13.3. The Bertz CT molecular complexity index is 1970. The second-order valence-corrected chi connectivity index (χ2v) is 13.3. The van der Waals surface area contributed by atoms with Gasteiger partial charge in [-0.15, -0.1) is 0 Å². The summed E-state index contributed by atoms with van der Waals surface area (Å²) in [6, 6.07) is 7.70. The Hall–Kier alpha value is -4.58. The topological polar surface area (TPSA) is 133 Å². The van der Waals surface area contributed by atoms with Gasteiger partial charge in [-0.2, -0.15) is 0 Å². The first-order chi connectivity index (χ1) is 24.3. The predicted octanol–water partition coefficient (Wildman–Crippen LogP) is 4.98. The second kappa shape index (κ2) is 13.3. The van der Waals surface area contributed by atoms with Crippen molar-refractivity contribution in [1.29, 1.82) is 0 Å². The Kier molecular flexibility index (Phi) is 8.66. The van der Waals surface area contributed by atoms with Crippen LogP contribution in [0.3, 0.4) is 0 Å². The number of fused-ring (bicyclic) bond motifs is 3. The van der Waals surface area contributed by atoms with Gasteiger partial charge in [-0.1, -0.05) is 24.0 Å². The molecule has 0 amide bonds. The fourth-order valence-corrected chi connectivity index (χ4v) is 7.35. The molecule has 1 spiro atoms. The van der Waals surface area contributed by atoms with Crippen LogP contribution in [0.1, 0.15) is 50.4 Å². The van der Waals surface area contributed by atoms with E-state index in [1.807, 2.05) is 6.07 Å². The van der Waals surface area contributed by atoms with Crippen LogP contribution in [0.5, 0.6) is 5.88 Å². The summed E-state index contributed by atoms with van der Waals surface area (Å²) in [7, 11) is 0. The van der Waals surface area contributed by atoms with Gasteiger partial charge in [-0.25, -0.2) is 28.5 Å². The van der Waals surface area contributed by atoms with Gasteiger partial charge in [0.05, 0.1) is 32.4 Å². The van der Waals surface area contributed by atoms with Crippen molar-refractivity contribution in [2.75, 3.05) is 55.9 Å². The number of pyridine rings is 1. The number of nitrogens with zero attached hydrogens (tertiary/aromatic N) is 5. The number of benzene rings is 1. The van der Waals surface area contributed by atoms with E-state index in [1.165, 1.54) is 4.90 Å². The summed E-state index contributed by atoms with van der Waals surface area (Å²) >= 11 is 0. The van der Waals surface area contributed by atoms with Gasteiger partial charge < -0.3 is 38.3 Å². The molecule has 1 aromatic carbocycles. The highest BCUT2D eigenvalue weighted by molar-refractivity contribution is 6.06. The molecule has 4 fully saturated rings. The maximum atomic E-state index is 14.1. The Labute approximate surface area is 286 Å². The van der Waals surface area contributed by atoms with Crippen LogP contribution >= 0.6 is 0 Å². The summed E-state index contributed by atoms with van der Waals surface area (Å²) in [6.07, 6.45) is 0.836. The minimum Gasteiger partial charge on any atom is -0.480 e. The molecule has 0 radical (unpaired) electrons. The lowest BCUT2D eigenvalue weighted by atomic mass is 9.90. The highest BCUT2D eigenvalue weighted by Crippen LogP contribution is 2.41. The van der Waals surface area contributed by atoms with Crippen molar-refractivity contribution in [3.63, 3.8) is 0 Å². The molecule has 3 aromatic heterocycles. The van der Waals surface area contributed by atoms with Crippen molar-refractivity contribution in [3.05, 3.63) is 47.9 Å². The number of aliphatic carboxylic acids is 1. The van der Waals surface area contributed by atoms with Gasteiger partial charge in [0, 0.05) is 49.7 Å². The van der Waals surface area contributed by atoms with E-state index in [-0.39, 0.29) is 35.9 Å². The van der Waals surface area contributed by atoms with Crippen molar-refractivity contribution in [2.24, 2.45) is 5.92 Å². The van der Waals surface area contributed by atoms with Gasteiger partial charge in [0.25, 0.3) is 6.43 Å². The van der Waals surface area contributed by atoms with E-state index in [0.29, 0.717) is 49.1 Å². The summed E-state index contributed by atoms with van der Waals surface area (Å²) in [5.74, 6) is 5.57. The first-order valence-corrected chi connectivity index (χ1v) is 17.0. The van der Waals surface area contributed by atoms with Crippen molar-refractivity contribution >= 4 is 39.5 Å². The average molecular weight is 690 g/mol. The molecule has 4 aromatic rings. The van der Waals surface area contributed by atoms with Gasteiger partial charge >= 0.3 is 5.97 Å². The standard InChI is InChI=1S/C36H37F2N5O7/c1-21-36(19-47-20-36)48-14-11-42(21)26-15-23(6-4-5-22-9-12-46-13-10-22)17-39-34(26)49-24-16-27(35(44)45)43(18-24)33-30-29(40-32(41-33)31(37)38)25-7-2-3-8-28(25)50-30/h2-3,7-8,15,17,21-22,24,27,31H,5,9-14,16,18-20H2,1H3,(H,44,45)/t21-,24-,27-/m0/s1. The molecule has 1 N–H and O–H groups in total. The van der Waals surface area contributed by atoms with Crippen molar-refractivity contribution in [1.82, 2.24) is 15.0 Å². The molecule has 8 rings (SSSR count). The lowest BCUT2D eigenvalue weighted by Gasteiger charge is -2.53. The highest BCUT2D eigenvalue weighted by atomic mass is 19.3. The maximum absolute atomic E-state index is 14.1. The maximum Gasteiger partial charge on any atom is 0.326 e. The smallest absolute Gasteiger partial charge is 0.326 e. The molecule has 4 saturated heterocycles. The number of ether oxygens (including phenoxy) is 4. The van der Waals surface area contributed by atoms with Crippen LogP contribution in [0.2, 0.25) is 0 Å². The quantitative estimate of drug-likeness (QED) is 0.263. The number of hydrogen-bond donors (Lipinski definition) is 1. The Balaban J connectivity index is 1.12. The zero-order valence-electron chi connectivity index (χ0n) is 27.5. The van der Waals surface area contributed by atoms with E-state index >= 15 is 0 Å². The lowest BCUT2D eigenvalue weighted by Crippen LogP contribution is -2.68. The van der Waals surface area contributed by atoms with Crippen LogP contribution in [0.4, 0.5) is 20.3 Å². The number of anilines is 2. The fourth-order valence-electron chi connectivity index (χ4n) is 7.35. The number of rotatable bonds is 7. The normalized spacial score (nSPS) is 23.7. The summed E-state index contributed by atoms with van der Waals surface area (Å²) in [5.41, 5.74) is 1.77. The molecule has 0 aliphatic carbocycles. The van der Waals surface area contributed by atoms with Crippen LogP contribution in [0.25, 0.3) is 22.1 Å². The molecule has 4 aliphatic heterocycles. The average Bonchev–Trinajstić information content (AvgIpc) is 3.70. The number of aromatic nitrogens is 3. The molecule has 0 bridgehead atoms. The van der Waals surface area contributed by atoms with Gasteiger partial charge in [-0.05, 0) is 43.9 Å². The van der Waals surface area contributed by atoms with E-state index in [1.54, 1.807) is 30.5 Å². The third kappa shape index (κ3) is 5.97. The fraction of sp³-hybridized carbons (Fsp3) is 0.500. The zero-order valence-corrected chi connectivity index (χ0v) is 27.5. The van der Waals surface area contributed by atoms with Crippen molar-refractivity contribution in [3.8, 4) is 17.7 Å². The van der Waals surface area contributed by atoms with Crippen LogP contribution in [-0.2, 0) is 19.0 Å². The number of halogens is 2. The molecule has 4 aliphatic rings. The van der Waals surface area contributed by atoms with Gasteiger partial charge in [0.2, 0.25) is 5.88 Å². The molecule has 3 atom stereocenters. The summed E-state index contributed by atoms with van der Waals surface area (Å²) < 4.78 is 57.9. The van der Waals surface area contributed by atoms with E-state index in [9.17, 15) is 18.7 Å². The van der Waals surface area contributed by atoms with Crippen LogP contribution in [0, 0.1) is 17.8 Å². The van der Waals surface area contributed by atoms with Crippen LogP contribution < -0.4 is 14.5 Å². The number of hydrogen-bond acceptors (Lipinski definition) is 11. The molecule has 7 heterocycles. The van der Waals surface area contributed by atoms with Gasteiger partial charge in [-0.3, -0.25) is 0 Å². The molecule has 50 heavy (non-hydrogen) atoms. The molecule has 12 nitrogen and oxygen atoms in total. The molecule has 262 valence electrons. The monoisotopic (exact) mass is 689 g/mol. The third-order valence-corrected chi connectivity index (χ3v) is 10.3. The number of carboxylic acid groups (broad SMARTS) is 1. The molecule has 0 unspecified atom stereocenters. The molecular formula is C36H37F2N5O7. The Morgan fingerprint density at radius 1 is 1.14 bits per heavy atom.